The predicted octanol–water partition coefficient (Wildman–Crippen LogP) is 0.523. The number of ether oxygens (including phenoxy) is 1. The van der Waals surface area contributed by atoms with Crippen LogP contribution in [-0.2, 0) is 19.1 Å². The monoisotopic (exact) mass is 346 g/mol. The number of aliphatic carboxylic acids is 1. The Bertz CT molecular complexity index is 449. The summed E-state index contributed by atoms with van der Waals surface area (Å²) in [5.74, 6) is -1.78. The first-order valence-electron chi connectivity index (χ1n) is 7.72. The zero-order valence-corrected chi connectivity index (χ0v) is 14.7. The third-order valence-corrected chi connectivity index (χ3v) is 4.86. The topological polar surface area (TPSA) is 110 Å². The number of methoxy groups -OCH3 is 1. The summed E-state index contributed by atoms with van der Waals surface area (Å²) >= 11 is 4.18. The molecular formula is C15H26N2O5S. The average Bonchev–Trinajstić information content (AvgIpc) is 2.81. The number of amides is 1. The van der Waals surface area contributed by atoms with Gasteiger partial charge in [0.05, 0.1) is 19.6 Å². The molecule has 1 amide bonds. The maximum Gasteiger partial charge on any atom is 0.329 e. The second kappa shape index (κ2) is 8.54. The van der Waals surface area contributed by atoms with Gasteiger partial charge in [0.1, 0.15) is 6.04 Å². The van der Waals surface area contributed by atoms with E-state index < -0.39 is 36.4 Å². The molecule has 1 fully saturated rings. The van der Waals surface area contributed by atoms with Gasteiger partial charge in [0, 0.05) is 11.8 Å². The van der Waals surface area contributed by atoms with Gasteiger partial charge in [-0.2, -0.15) is 12.6 Å². The molecule has 0 aromatic rings. The van der Waals surface area contributed by atoms with Crippen LogP contribution in [0.25, 0.3) is 0 Å². The molecule has 2 unspecified atom stereocenters. The highest BCUT2D eigenvalue weighted by molar-refractivity contribution is 7.80. The molecule has 0 aromatic carbocycles. The lowest BCUT2D eigenvalue weighted by atomic mass is 9.95. The quantitative estimate of drug-likeness (QED) is 0.458. The fraction of sp³-hybridized carbons (Fsp3) is 0.800. The van der Waals surface area contributed by atoms with E-state index >= 15 is 0 Å². The first-order valence-corrected chi connectivity index (χ1v) is 8.36. The van der Waals surface area contributed by atoms with Crippen LogP contribution in [0.5, 0.6) is 0 Å². The lowest BCUT2D eigenvalue weighted by molar-refractivity contribution is -0.156. The van der Waals surface area contributed by atoms with Crippen molar-refractivity contribution < 1.29 is 24.2 Å². The third-order valence-electron chi connectivity index (χ3n) is 4.51. The van der Waals surface area contributed by atoms with Gasteiger partial charge in [-0.25, -0.2) is 4.79 Å². The smallest absolute Gasteiger partial charge is 0.329 e. The average molecular weight is 346 g/mol. The van der Waals surface area contributed by atoms with Crippen LogP contribution in [-0.4, -0.2) is 58.8 Å². The number of carbonyl (C=O) groups excluding carboxylic acids is 2. The summed E-state index contributed by atoms with van der Waals surface area (Å²) in [5.41, 5.74) is 5.76. The van der Waals surface area contributed by atoms with E-state index in [1.165, 1.54) is 12.0 Å². The van der Waals surface area contributed by atoms with Crippen LogP contribution < -0.4 is 5.73 Å². The molecule has 5 atom stereocenters. The van der Waals surface area contributed by atoms with Gasteiger partial charge in [-0.3, -0.25) is 9.59 Å². The highest BCUT2D eigenvalue weighted by Crippen LogP contribution is 2.36. The first kappa shape index (κ1) is 19.8. The Morgan fingerprint density at radius 1 is 1.30 bits per heavy atom. The van der Waals surface area contributed by atoms with Crippen LogP contribution in [0, 0.1) is 11.8 Å². The minimum Gasteiger partial charge on any atom is -0.481 e. The van der Waals surface area contributed by atoms with E-state index in [2.05, 4.69) is 12.6 Å². The van der Waals surface area contributed by atoms with Crippen molar-refractivity contribution in [3.63, 3.8) is 0 Å². The Balaban J connectivity index is 3.16. The Morgan fingerprint density at radius 3 is 2.22 bits per heavy atom. The Labute approximate surface area is 141 Å². The maximum absolute atomic E-state index is 12.8. The van der Waals surface area contributed by atoms with Gasteiger partial charge < -0.3 is 20.5 Å². The SMILES string of the molecule is COC(=O)[C@H](CS)N(C(=O)[C@@H](N)CC(=O)O)C1C(C)CC[C@@H]1C. The number of esters is 1. The lowest BCUT2D eigenvalue weighted by Crippen LogP contribution is -2.59. The van der Waals surface area contributed by atoms with Gasteiger partial charge in [0.25, 0.3) is 0 Å². The van der Waals surface area contributed by atoms with Crippen LogP contribution >= 0.6 is 12.6 Å². The number of nitrogens with two attached hydrogens (primary N) is 1. The van der Waals surface area contributed by atoms with Gasteiger partial charge in [-0.05, 0) is 24.7 Å². The van der Waals surface area contributed by atoms with Crippen LogP contribution in [0.2, 0.25) is 0 Å². The fourth-order valence-corrected chi connectivity index (χ4v) is 3.69. The second-order valence-electron chi connectivity index (χ2n) is 6.19. The summed E-state index contributed by atoms with van der Waals surface area (Å²) in [4.78, 5) is 37.1. The van der Waals surface area contributed by atoms with Crippen LogP contribution in [0.1, 0.15) is 33.1 Å². The molecule has 0 saturated heterocycles. The Morgan fingerprint density at radius 2 is 1.83 bits per heavy atom. The van der Waals surface area contributed by atoms with Crippen molar-refractivity contribution in [2.45, 2.75) is 51.2 Å². The van der Waals surface area contributed by atoms with Crippen LogP contribution in [0.15, 0.2) is 0 Å². The second-order valence-corrected chi connectivity index (χ2v) is 6.56. The van der Waals surface area contributed by atoms with Crippen molar-refractivity contribution >= 4 is 30.5 Å². The summed E-state index contributed by atoms with van der Waals surface area (Å²) < 4.78 is 4.79. The van der Waals surface area contributed by atoms with E-state index in [0.717, 1.165) is 12.8 Å². The van der Waals surface area contributed by atoms with Gasteiger partial charge >= 0.3 is 11.9 Å². The van der Waals surface area contributed by atoms with Crippen LogP contribution in [0.4, 0.5) is 0 Å². The molecule has 1 aliphatic carbocycles. The van der Waals surface area contributed by atoms with E-state index in [4.69, 9.17) is 15.6 Å². The van der Waals surface area contributed by atoms with E-state index in [9.17, 15) is 14.4 Å². The van der Waals surface area contributed by atoms with Crippen LogP contribution in [0.3, 0.4) is 0 Å². The van der Waals surface area contributed by atoms with Gasteiger partial charge in [-0.1, -0.05) is 13.8 Å². The molecule has 0 aliphatic heterocycles. The number of carboxylic acids is 1. The number of carboxylic acid groups (broad SMARTS) is 1. The van der Waals surface area contributed by atoms with Crippen molar-refractivity contribution in [1.29, 1.82) is 0 Å². The maximum atomic E-state index is 12.8. The van der Waals surface area contributed by atoms with Crippen molar-refractivity contribution in [3.8, 4) is 0 Å². The largest absolute Gasteiger partial charge is 0.481 e. The first-order chi connectivity index (χ1) is 10.7. The summed E-state index contributed by atoms with van der Waals surface area (Å²) in [6.07, 6.45) is 1.39. The molecule has 1 saturated carbocycles. The minimum absolute atomic E-state index is 0.0914. The highest BCUT2D eigenvalue weighted by atomic mass is 32.1. The number of hydrogen-bond donors (Lipinski definition) is 3. The number of carbonyl (C=O) groups is 3. The molecular weight excluding hydrogens is 320 g/mol. The standard InChI is InChI=1S/C15H26N2O5S/c1-8-4-5-9(2)13(8)17(11(7-23)15(21)22-3)14(20)10(16)6-12(18)19/h8-11,13,23H,4-7,16H2,1-3H3,(H,18,19)/t8-,9?,10-,11-,13?/m0/s1. The van der Waals surface area contributed by atoms with Crippen molar-refractivity contribution in [1.82, 2.24) is 4.90 Å². The summed E-state index contributed by atoms with van der Waals surface area (Å²) in [7, 11) is 1.25. The normalized spacial score (nSPS) is 26.4. The van der Waals surface area contributed by atoms with Gasteiger partial charge in [0.2, 0.25) is 5.91 Å². The summed E-state index contributed by atoms with van der Waals surface area (Å²) in [5, 5.41) is 8.88. The Hall–Kier alpha value is -1.28. The highest BCUT2D eigenvalue weighted by Gasteiger charge is 2.44. The third kappa shape index (κ3) is 4.60. The van der Waals surface area contributed by atoms with E-state index in [-0.39, 0.29) is 23.6 Å². The fourth-order valence-electron chi connectivity index (χ4n) is 3.36. The summed E-state index contributed by atoms with van der Waals surface area (Å²) in [6, 6.07) is -2.25. The molecule has 1 rings (SSSR count). The zero-order valence-electron chi connectivity index (χ0n) is 13.8. The molecule has 7 nitrogen and oxygen atoms in total. The van der Waals surface area contributed by atoms with E-state index in [0.29, 0.717) is 0 Å². The molecule has 8 heteroatoms. The molecule has 0 heterocycles. The predicted molar refractivity (Wildman–Crippen MR) is 88.1 cm³/mol. The number of hydrogen-bond acceptors (Lipinski definition) is 6. The molecule has 3 N–H and O–H groups in total. The van der Waals surface area contributed by atoms with Crippen molar-refractivity contribution in [2.75, 3.05) is 12.9 Å². The van der Waals surface area contributed by atoms with E-state index in [1.807, 2.05) is 13.8 Å². The molecule has 1 aliphatic rings. The number of rotatable bonds is 7. The van der Waals surface area contributed by atoms with Gasteiger partial charge in [-0.15, -0.1) is 0 Å². The molecule has 0 radical (unpaired) electrons. The molecule has 23 heavy (non-hydrogen) atoms. The minimum atomic E-state index is -1.19. The lowest BCUT2D eigenvalue weighted by Gasteiger charge is -2.39. The van der Waals surface area contributed by atoms with E-state index in [1.54, 1.807) is 0 Å². The molecule has 0 aromatic heterocycles. The Kier molecular flexibility index (Phi) is 7.34. The molecule has 0 bridgehead atoms. The van der Waals surface area contributed by atoms with Crippen molar-refractivity contribution in [3.05, 3.63) is 0 Å². The molecule has 0 spiro atoms. The zero-order chi connectivity index (χ0) is 17.7. The van der Waals surface area contributed by atoms with Gasteiger partial charge in [0.15, 0.2) is 0 Å². The summed E-state index contributed by atoms with van der Waals surface area (Å²) in [6.45, 7) is 4.04. The van der Waals surface area contributed by atoms with Crippen molar-refractivity contribution in [2.24, 2.45) is 17.6 Å². The number of nitrogens with zero attached hydrogens (tertiary/aromatic N) is 1. The number of thiol groups is 1. The molecule has 132 valence electrons.